The minimum Gasteiger partial charge on any atom is -0.409 e. The van der Waals surface area contributed by atoms with Crippen molar-refractivity contribution in [2.45, 2.75) is 13.5 Å². The second-order valence-electron chi connectivity index (χ2n) is 3.88. The lowest BCUT2D eigenvalue weighted by Crippen LogP contribution is -2.36. The van der Waals surface area contributed by atoms with Gasteiger partial charge in [-0.1, -0.05) is 23.4 Å². The van der Waals surface area contributed by atoms with Crippen LogP contribution in [0.25, 0.3) is 0 Å². The predicted molar refractivity (Wildman–Crippen MR) is 69.5 cm³/mol. The van der Waals surface area contributed by atoms with E-state index in [1.807, 2.05) is 13.0 Å². The van der Waals surface area contributed by atoms with Crippen LogP contribution in [0.3, 0.4) is 0 Å². The molecule has 0 radical (unpaired) electrons. The fourth-order valence-electron chi connectivity index (χ4n) is 1.52. The molecule has 0 aliphatic rings. The SMILES string of the molecule is CCNC(=O)N(C)Cc1cccc(C(N)=NO)c1. The van der Waals surface area contributed by atoms with E-state index in [9.17, 15) is 4.79 Å². The molecule has 0 unspecified atom stereocenters. The first kappa shape index (κ1) is 13.8. The molecule has 0 heterocycles. The summed E-state index contributed by atoms with van der Waals surface area (Å²) >= 11 is 0. The van der Waals surface area contributed by atoms with Crippen LogP contribution in [0.2, 0.25) is 0 Å². The van der Waals surface area contributed by atoms with Crippen LogP contribution in [0.15, 0.2) is 29.4 Å². The molecule has 0 saturated heterocycles. The van der Waals surface area contributed by atoms with Crippen LogP contribution in [-0.4, -0.2) is 35.6 Å². The molecule has 0 atom stereocenters. The van der Waals surface area contributed by atoms with Crippen LogP contribution < -0.4 is 11.1 Å². The lowest BCUT2D eigenvalue weighted by atomic mass is 10.1. The summed E-state index contributed by atoms with van der Waals surface area (Å²) in [7, 11) is 1.71. The van der Waals surface area contributed by atoms with E-state index in [0.29, 0.717) is 18.7 Å². The Morgan fingerprint density at radius 1 is 1.56 bits per heavy atom. The third-order valence-corrected chi connectivity index (χ3v) is 2.42. The number of amides is 2. The number of nitrogens with one attached hydrogen (secondary N) is 1. The predicted octanol–water partition coefficient (Wildman–Crippen LogP) is 0.942. The quantitative estimate of drug-likeness (QED) is 0.321. The van der Waals surface area contributed by atoms with Crippen molar-refractivity contribution in [1.29, 1.82) is 0 Å². The number of nitrogens with zero attached hydrogens (tertiary/aromatic N) is 2. The fraction of sp³-hybridized carbons (Fsp3) is 0.333. The molecule has 0 bridgehead atoms. The van der Waals surface area contributed by atoms with Gasteiger partial charge in [-0.2, -0.15) is 0 Å². The fourth-order valence-corrected chi connectivity index (χ4v) is 1.52. The van der Waals surface area contributed by atoms with Gasteiger partial charge in [0.2, 0.25) is 0 Å². The first-order chi connectivity index (χ1) is 8.58. The monoisotopic (exact) mass is 250 g/mol. The highest BCUT2D eigenvalue weighted by atomic mass is 16.4. The largest absolute Gasteiger partial charge is 0.409 e. The van der Waals surface area contributed by atoms with Gasteiger partial charge in [-0.25, -0.2) is 4.79 Å². The average Bonchev–Trinajstić information content (AvgIpc) is 2.38. The van der Waals surface area contributed by atoms with Crippen LogP contribution in [-0.2, 0) is 6.54 Å². The van der Waals surface area contributed by atoms with E-state index in [1.165, 1.54) is 0 Å². The number of carbonyl (C=O) groups excluding carboxylic acids is 1. The van der Waals surface area contributed by atoms with Crippen LogP contribution in [0, 0.1) is 0 Å². The second kappa shape index (κ2) is 6.48. The van der Waals surface area contributed by atoms with Crippen molar-refractivity contribution in [2.24, 2.45) is 10.9 Å². The summed E-state index contributed by atoms with van der Waals surface area (Å²) in [5.41, 5.74) is 7.04. The van der Waals surface area contributed by atoms with E-state index in [4.69, 9.17) is 10.9 Å². The van der Waals surface area contributed by atoms with Gasteiger partial charge in [-0.05, 0) is 18.6 Å². The number of hydrogen-bond acceptors (Lipinski definition) is 3. The lowest BCUT2D eigenvalue weighted by molar-refractivity contribution is 0.207. The molecule has 0 saturated carbocycles. The maximum atomic E-state index is 11.5. The van der Waals surface area contributed by atoms with Gasteiger partial charge in [0, 0.05) is 25.7 Å². The van der Waals surface area contributed by atoms with E-state index in [-0.39, 0.29) is 11.9 Å². The summed E-state index contributed by atoms with van der Waals surface area (Å²) in [4.78, 5) is 13.1. The highest BCUT2D eigenvalue weighted by Crippen LogP contribution is 2.07. The van der Waals surface area contributed by atoms with Crippen molar-refractivity contribution in [3.05, 3.63) is 35.4 Å². The number of oxime groups is 1. The normalized spacial score (nSPS) is 11.1. The highest BCUT2D eigenvalue weighted by molar-refractivity contribution is 5.97. The van der Waals surface area contributed by atoms with E-state index < -0.39 is 0 Å². The zero-order chi connectivity index (χ0) is 13.5. The Kier molecular flexibility index (Phi) is 4.98. The third-order valence-electron chi connectivity index (χ3n) is 2.42. The number of nitrogens with two attached hydrogens (primary N) is 1. The molecule has 0 aliphatic heterocycles. The molecule has 98 valence electrons. The minimum absolute atomic E-state index is 0.0533. The molecule has 6 heteroatoms. The highest BCUT2D eigenvalue weighted by Gasteiger charge is 2.08. The molecule has 0 spiro atoms. The molecule has 18 heavy (non-hydrogen) atoms. The van der Waals surface area contributed by atoms with E-state index in [2.05, 4.69) is 10.5 Å². The number of rotatable bonds is 4. The second-order valence-corrected chi connectivity index (χ2v) is 3.88. The van der Waals surface area contributed by atoms with Gasteiger partial charge in [-0.15, -0.1) is 0 Å². The molecule has 0 aromatic heterocycles. The Morgan fingerprint density at radius 2 is 2.28 bits per heavy atom. The Labute approximate surface area is 106 Å². The van der Waals surface area contributed by atoms with E-state index >= 15 is 0 Å². The van der Waals surface area contributed by atoms with Gasteiger partial charge >= 0.3 is 6.03 Å². The number of urea groups is 1. The number of hydrogen-bond donors (Lipinski definition) is 3. The summed E-state index contributed by atoms with van der Waals surface area (Å²) in [6.45, 7) is 2.91. The lowest BCUT2D eigenvalue weighted by Gasteiger charge is -2.17. The Morgan fingerprint density at radius 3 is 2.89 bits per heavy atom. The zero-order valence-corrected chi connectivity index (χ0v) is 10.6. The van der Waals surface area contributed by atoms with Gasteiger partial charge in [0.15, 0.2) is 5.84 Å². The number of amidine groups is 1. The summed E-state index contributed by atoms with van der Waals surface area (Å²) in [6.07, 6.45) is 0. The maximum Gasteiger partial charge on any atom is 0.317 e. The Balaban J connectivity index is 2.76. The molecular formula is C12H18N4O2. The van der Waals surface area contributed by atoms with Crippen LogP contribution in [0.4, 0.5) is 4.79 Å². The Hall–Kier alpha value is -2.24. The average molecular weight is 250 g/mol. The summed E-state index contributed by atoms with van der Waals surface area (Å²) < 4.78 is 0. The molecule has 6 nitrogen and oxygen atoms in total. The molecule has 1 aromatic rings. The van der Waals surface area contributed by atoms with Gasteiger partial charge in [-0.3, -0.25) is 0 Å². The van der Waals surface area contributed by atoms with Crippen molar-refractivity contribution in [3.63, 3.8) is 0 Å². The van der Waals surface area contributed by atoms with Crippen LogP contribution in [0.5, 0.6) is 0 Å². The summed E-state index contributed by atoms with van der Waals surface area (Å²) in [5.74, 6) is 0.0533. The van der Waals surface area contributed by atoms with Gasteiger partial charge in [0.05, 0.1) is 0 Å². The van der Waals surface area contributed by atoms with Crippen molar-refractivity contribution < 1.29 is 10.0 Å². The van der Waals surface area contributed by atoms with Crippen molar-refractivity contribution >= 4 is 11.9 Å². The standard InChI is InChI=1S/C12H18N4O2/c1-3-14-12(17)16(2)8-9-5-4-6-10(7-9)11(13)15-18/h4-7,18H,3,8H2,1-2H3,(H2,13,15)(H,14,17). The maximum absolute atomic E-state index is 11.5. The van der Waals surface area contributed by atoms with Crippen LogP contribution >= 0.6 is 0 Å². The smallest absolute Gasteiger partial charge is 0.317 e. The first-order valence-corrected chi connectivity index (χ1v) is 5.64. The van der Waals surface area contributed by atoms with Crippen molar-refractivity contribution in [2.75, 3.05) is 13.6 Å². The van der Waals surface area contributed by atoms with Gasteiger partial charge < -0.3 is 21.2 Å². The van der Waals surface area contributed by atoms with Crippen molar-refractivity contribution in [1.82, 2.24) is 10.2 Å². The minimum atomic E-state index is -0.133. The first-order valence-electron chi connectivity index (χ1n) is 5.64. The van der Waals surface area contributed by atoms with E-state index in [0.717, 1.165) is 5.56 Å². The third kappa shape index (κ3) is 3.65. The molecule has 4 N–H and O–H groups in total. The molecule has 0 aliphatic carbocycles. The van der Waals surface area contributed by atoms with Crippen molar-refractivity contribution in [3.8, 4) is 0 Å². The van der Waals surface area contributed by atoms with E-state index in [1.54, 1.807) is 30.1 Å². The number of benzene rings is 1. The molecule has 1 aromatic carbocycles. The van der Waals surface area contributed by atoms with Crippen LogP contribution in [0.1, 0.15) is 18.1 Å². The summed E-state index contributed by atoms with van der Waals surface area (Å²) in [5, 5.41) is 14.3. The summed E-state index contributed by atoms with van der Waals surface area (Å²) in [6, 6.07) is 7.07. The molecular weight excluding hydrogens is 232 g/mol. The molecule has 1 rings (SSSR count). The van der Waals surface area contributed by atoms with Gasteiger partial charge in [0.1, 0.15) is 0 Å². The number of carbonyl (C=O) groups is 1. The molecule has 2 amide bonds. The molecule has 0 fully saturated rings. The Bertz CT molecular complexity index is 445. The topological polar surface area (TPSA) is 91.0 Å². The van der Waals surface area contributed by atoms with Gasteiger partial charge in [0.25, 0.3) is 0 Å². The zero-order valence-electron chi connectivity index (χ0n) is 10.6.